The molecular formula is C19H18N4O2. The van der Waals surface area contributed by atoms with Crippen LogP contribution >= 0.6 is 0 Å². The second kappa shape index (κ2) is 7.44. The van der Waals surface area contributed by atoms with Gasteiger partial charge in [0.05, 0.1) is 0 Å². The molecule has 1 aromatic carbocycles. The second-order valence-corrected chi connectivity index (χ2v) is 5.47. The molecule has 25 heavy (non-hydrogen) atoms. The van der Waals surface area contributed by atoms with Gasteiger partial charge in [0.15, 0.2) is 11.6 Å². The number of nitrogen functional groups attached to an aromatic ring is 1. The number of hydrogen-bond acceptors (Lipinski definition) is 5. The molecule has 0 atom stereocenters. The molecule has 0 unspecified atom stereocenters. The number of amides is 1. The average molecular weight is 334 g/mol. The van der Waals surface area contributed by atoms with E-state index in [9.17, 15) is 4.79 Å². The highest BCUT2D eigenvalue weighted by Crippen LogP contribution is 2.24. The molecule has 3 N–H and O–H groups in total. The van der Waals surface area contributed by atoms with E-state index in [1.54, 1.807) is 42.9 Å². The first-order valence-electron chi connectivity index (χ1n) is 7.78. The van der Waals surface area contributed by atoms with Crippen molar-refractivity contribution in [2.24, 2.45) is 0 Å². The fraction of sp³-hybridized carbons (Fsp3) is 0.105. The summed E-state index contributed by atoms with van der Waals surface area (Å²) in [7, 11) is 0. The van der Waals surface area contributed by atoms with Gasteiger partial charge in [0, 0.05) is 35.4 Å². The molecule has 0 fully saturated rings. The van der Waals surface area contributed by atoms with Gasteiger partial charge in [0.2, 0.25) is 0 Å². The molecule has 126 valence electrons. The van der Waals surface area contributed by atoms with Crippen molar-refractivity contribution in [3.05, 3.63) is 77.7 Å². The van der Waals surface area contributed by atoms with Gasteiger partial charge in [-0.25, -0.2) is 4.98 Å². The highest BCUT2D eigenvalue weighted by molar-refractivity contribution is 6.04. The Morgan fingerprint density at radius 2 is 1.92 bits per heavy atom. The van der Waals surface area contributed by atoms with E-state index in [-0.39, 0.29) is 12.5 Å². The number of pyridine rings is 2. The second-order valence-electron chi connectivity index (χ2n) is 5.47. The number of nitrogens with two attached hydrogens (primary N) is 1. The Kier molecular flexibility index (Phi) is 4.89. The van der Waals surface area contributed by atoms with Crippen molar-refractivity contribution in [1.29, 1.82) is 0 Å². The minimum atomic E-state index is -0.199. The Labute approximate surface area is 145 Å². The minimum Gasteiger partial charge on any atom is -0.485 e. The van der Waals surface area contributed by atoms with Crippen molar-refractivity contribution in [1.82, 2.24) is 9.97 Å². The van der Waals surface area contributed by atoms with Gasteiger partial charge in [0.1, 0.15) is 6.61 Å². The van der Waals surface area contributed by atoms with Gasteiger partial charge in [-0.2, -0.15) is 0 Å². The summed E-state index contributed by atoms with van der Waals surface area (Å²) >= 11 is 0. The summed E-state index contributed by atoms with van der Waals surface area (Å²) in [5, 5.41) is 2.92. The molecule has 0 aliphatic rings. The van der Waals surface area contributed by atoms with Crippen molar-refractivity contribution in [2.75, 3.05) is 11.1 Å². The van der Waals surface area contributed by atoms with Crippen LogP contribution in [0.4, 0.5) is 11.5 Å². The third-order valence-electron chi connectivity index (χ3n) is 3.77. The van der Waals surface area contributed by atoms with E-state index in [0.29, 0.717) is 22.8 Å². The smallest absolute Gasteiger partial charge is 0.255 e. The third kappa shape index (κ3) is 3.92. The van der Waals surface area contributed by atoms with Crippen molar-refractivity contribution in [2.45, 2.75) is 13.5 Å². The molecule has 0 aliphatic carbocycles. The molecule has 0 aliphatic heterocycles. The van der Waals surface area contributed by atoms with Crippen LogP contribution in [0.1, 0.15) is 21.5 Å². The fourth-order valence-corrected chi connectivity index (χ4v) is 2.38. The Morgan fingerprint density at radius 3 is 2.68 bits per heavy atom. The van der Waals surface area contributed by atoms with Crippen molar-refractivity contribution < 1.29 is 9.53 Å². The Balaban J connectivity index is 1.80. The molecule has 2 heterocycles. The maximum Gasteiger partial charge on any atom is 0.255 e. The molecule has 1 amide bonds. The zero-order valence-corrected chi connectivity index (χ0v) is 13.8. The largest absolute Gasteiger partial charge is 0.485 e. The molecule has 3 aromatic rings. The van der Waals surface area contributed by atoms with Crippen LogP contribution in [0.15, 0.2) is 61.1 Å². The van der Waals surface area contributed by atoms with Crippen LogP contribution < -0.4 is 15.8 Å². The predicted molar refractivity (Wildman–Crippen MR) is 96.4 cm³/mol. The highest BCUT2D eigenvalue weighted by atomic mass is 16.5. The van der Waals surface area contributed by atoms with Gasteiger partial charge in [0.25, 0.3) is 5.91 Å². The summed E-state index contributed by atoms with van der Waals surface area (Å²) < 4.78 is 5.78. The lowest BCUT2D eigenvalue weighted by molar-refractivity contribution is 0.102. The standard InChI is InChI=1S/C19H18N4O2/c1-13-4-2-5-16(23-19(24)14-7-10-21-11-8-14)15(13)12-25-17-6-3-9-22-18(17)20/h2-11H,12H2,1H3,(H2,20,22)(H,23,24). The fourth-order valence-electron chi connectivity index (χ4n) is 2.38. The molecule has 0 saturated heterocycles. The van der Waals surface area contributed by atoms with Gasteiger partial charge in [-0.3, -0.25) is 9.78 Å². The van der Waals surface area contributed by atoms with Crippen LogP contribution in [0.25, 0.3) is 0 Å². The van der Waals surface area contributed by atoms with E-state index < -0.39 is 0 Å². The summed E-state index contributed by atoms with van der Waals surface area (Å²) in [5.41, 5.74) is 8.94. The minimum absolute atomic E-state index is 0.199. The van der Waals surface area contributed by atoms with Crippen LogP contribution in [0.3, 0.4) is 0 Å². The number of carbonyl (C=O) groups is 1. The van der Waals surface area contributed by atoms with Crippen LogP contribution in [0, 0.1) is 6.92 Å². The monoisotopic (exact) mass is 334 g/mol. The molecule has 0 saturated carbocycles. The van der Waals surface area contributed by atoms with E-state index in [0.717, 1.165) is 11.1 Å². The highest BCUT2D eigenvalue weighted by Gasteiger charge is 2.12. The van der Waals surface area contributed by atoms with Gasteiger partial charge in [-0.15, -0.1) is 0 Å². The average Bonchev–Trinajstić information content (AvgIpc) is 2.63. The van der Waals surface area contributed by atoms with Crippen LogP contribution in [0.5, 0.6) is 5.75 Å². The first kappa shape index (κ1) is 16.4. The van der Waals surface area contributed by atoms with E-state index >= 15 is 0 Å². The SMILES string of the molecule is Cc1cccc(NC(=O)c2ccncc2)c1COc1cccnc1N. The summed E-state index contributed by atoms with van der Waals surface area (Å²) in [4.78, 5) is 20.3. The summed E-state index contributed by atoms with van der Waals surface area (Å²) in [5.74, 6) is 0.644. The third-order valence-corrected chi connectivity index (χ3v) is 3.77. The van der Waals surface area contributed by atoms with E-state index in [1.807, 2.05) is 25.1 Å². The number of nitrogens with zero attached hydrogens (tertiary/aromatic N) is 2. The number of ether oxygens (including phenoxy) is 1. The Bertz CT molecular complexity index is 882. The number of hydrogen-bond donors (Lipinski definition) is 2. The van der Waals surface area contributed by atoms with Crippen LogP contribution in [-0.2, 0) is 6.61 Å². The summed E-state index contributed by atoms with van der Waals surface area (Å²) in [6.45, 7) is 2.24. The van der Waals surface area contributed by atoms with Crippen molar-refractivity contribution >= 4 is 17.4 Å². The van der Waals surface area contributed by atoms with Gasteiger partial charge in [-0.1, -0.05) is 12.1 Å². The van der Waals surface area contributed by atoms with Crippen LogP contribution in [-0.4, -0.2) is 15.9 Å². The maximum atomic E-state index is 12.4. The number of carbonyl (C=O) groups excluding carboxylic acids is 1. The molecule has 3 rings (SSSR count). The molecule has 0 radical (unpaired) electrons. The lowest BCUT2D eigenvalue weighted by Gasteiger charge is -2.15. The lowest BCUT2D eigenvalue weighted by Crippen LogP contribution is -2.14. The van der Waals surface area contributed by atoms with Crippen molar-refractivity contribution in [3.8, 4) is 5.75 Å². The van der Waals surface area contributed by atoms with Gasteiger partial charge >= 0.3 is 0 Å². The number of aromatic nitrogens is 2. The van der Waals surface area contributed by atoms with Crippen molar-refractivity contribution in [3.63, 3.8) is 0 Å². The van der Waals surface area contributed by atoms with E-state index in [2.05, 4.69) is 15.3 Å². The number of benzene rings is 1. The van der Waals surface area contributed by atoms with Crippen LogP contribution in [0.2, 0.25) is 0 Å². The summed E-state index contributed by atoms with van der Waals surface area (Å²) in [6.07, 6.45) is 4.77. The molecule has 2 aromatic heterocycles. The number of anilines is 2. The van der Waals surface area contributed by atoms with E-state index in [4.69, 9.17) is 10.5 Å². The number of aryl methyl sites for hydroxylation is 1. The Hall–Kier alpha value is -3.41. The van der Waals surface area contributed by atoms with E-state index in [1.165, 1.54) is 0 Å². The molecule has 0 spiro atoms. The first-order chi connectivity index (χ1) is 12.1. The first-order valence-corrected chi connectivity index (χ1v) is 7.78. The zero-order valence-electron chi connectivity index (χ0n) is 13.8. The molecular weight excluding hydrogens is 316 g/mol. The molecule has 6 nitrogen and oxygen atoms in total. The lowest BCUT2D eigenvalue weighted by atomic mass is 10.1. The Morgan fingerprint density at radius 1 is 1.12 bits per heavy atom. The quantitative estimate of drug-likeness (QED) is 0.748. The number of rotatable bonds is 5. The normalized spacial score (nSPS) is 10.3. The topological polar surface area (TPSA) is 90.1 Å². The van der Waals surface area contributed by atoms with Gasteiger partial charge < -0.3 is 15.8 Å². The molecule has 0 bridgehead atoms. The van der Waals surface area contributed by atoms with Gasteiger partial charge in [-0.05, 0) is 42.8 Å². The number of nitrogens with one attached hydrogen (secondary N) is 1. The predicted octanol–water partition coefficient (Wildman–Crippen LogP) is 3.20. The summed E-state index contributed by atoms with van der Waals surface area (Å²) in [6, 6.07) is 12.5. The maximum absolute atomic E-state index is 12.4. The molecule has 6 heteroatoms. The zero-order chi connectivity index (χ0) is 17.6.